The van der Waals surface area contributed by atoms with Gasteiger partial charge in [-0.15, -0.1) is 0 Å². The van der Waals surface area contributed by atoms with Crippen LogP contribution in [0.15, 0.2) is 17.4 Å². The van der Waals surface area contributed by atoms with E-state index in [9.17, 15) is 0 Å². The molecule has 0 saturated heterocycles. The van der Waals surface area contributed by atoms with Crippen LogP contribution in [0.4, 0.5) is 0 Å². The first-order valence-corrected chi connectivity index (χ1v) is 4.48. The number of hydrogen-bond acceptors (Lipinski definition) is 2. The Morgan fingerprint density at radius 1 is 1.69 bits per heavy atom. The third kappa shape index (κ3) is 3.27. The molecule has 0 bridgehead atoms. The van der Waals surface area contributed by atoms with Crippen molar-refractivity contribution in [2.24, 2.45) is 17.8 Å². The molecule has 4 nitrogen and oxygen atoms in total. The zero-order chi connectivity index (χ0) is 9.68. The predicted octanol–water partition coefficient (Wildman–Crippen LogP) is 0.730. The monoisotopic (exact) mass is 180 g/mol. The predicted molar refractivity (Wildman–Crippen MR) is 53.7 cm³/mol. The maximum atomic E-state index is 5.57. The Kier molecular flexibility index (Phi) is 3.49. The highest BCUT2D eigenvalue weighted by atomic mass is 15.2. The van der Waals surface area contributed by atoms with Gasteiger partial charge in [0.2, 0.25) is 0 Å². The van der Waals surface area contributed by atoms with Gasteiger partial charge in [-0.05, 0) is 12.0 Å². The van der Waals surface area contributed by atoms with Crippen LogP contribution in [-0.2, 0) is 13.5 Å². The Morgan fingerprint density at radius 3 is 3.00 bits per heavy atom. The molecule has 2 N–H and O–H groups in total. The molecule has 0 amide bonds. The zero-order valence-electron chi connectivity index (χ0n) is 8.20. The lowest BCUT2D eigenvalue weighted by molar-refractivity contribution is 0.766. The fourth-order valence-electron chi connectivity index (χ4n) is 1.04. The molecule has 1 heterocycles. The first-order chi connectivity index (χ1) is 6.22. The highest BCUT2D eigenvalue weighted by Crippen LogP contribution is 1.97. The quantitative estimate of drug-likeness (QED) is 0.548. The van der Waals surface area contributed by atoms with E-state index >= 15 is 0 Å². The maximum Gasteiger partial charge on any atom is 0.0934 e. The Labute approximate surface area is 78.5 Å². The largest absolute Gasteiger partial charge is 0.387 e. The highest BCUT2D eigenvalue weighted by molar-refractivity contribution is 5.79. The van der Waals surface area contributed by atoms with Crippen molar-refractivity contribution >= 4 is 5.84 Å². The summed E-state index contributed by atoms with van der Waals surface area (Å²) in [6.07, 6.45) is 5.59. The summed E-state index contributed by atoms with van der Waals surface area (Å²) in [5.74, 6) is 0.726. The van der Waals surface area contributed by atoms with E-state index in [2.05, 4.69) is 10.1 Å². The van der Waals surface area contributed by atoms with E-state index in [0.29, 0.717) is 0 Å². The number of amidine groups is 1. The molecule has 1 aromatic heterocycles. The van der Waals surface area contributed by atoms with Crippen LogP contribution in [0.3, 0.4) is 0 Å². The number of hydrogen-bond donors (Lipinski definition) is 1. The molecular weight excluding hydrogens is 164 g/mol. The van der Waals surface area contributed by atoms with Crippen LogP contribution in [0.5, 0.6) is 0 Å². The van der Waals surface area contributed by atoms with E-state index in [0.717, 1.165) is 25.2 Å². The molecule has 0 unspecified atom stereocenters. The molecule has 0 radical (unpaired) electrons. The second-order valence-electron chi connectivity index (χ2n) is 3.00. The third-order valence-electron chi connectivity index (χ3n) is 1.84. The lowest BCUT2D eigenvalue weighted by Gasteiger charge is -1.95. The fraction of sp³-hybridized carbons (Fsp3) is 0.556. The standard InChI is InChI=1S/C9H16N4/c1-3-9(10)11-5-4-8-6-12-13(2)7-8/h6-7H,3-5H2,1-2H3,(H2,10,11). The molecule has 72 valence electrons. The summed E-state index contributed by atoms with van der Waals surface area (Å²) in [6.45, 7) is 2.76. The van der Waals surface area contributed by atoms with E-state index in [1.807, 2.05) is 26.4 Å². The Balaban J connectivity index is 2.35. The Bertz CT molecular complexity index is 288. The van der Waals surface area contributed by atoms with Crippen LogP contribution in [0.1, 0.15) is 18.9 Å². The van der Waals surface area contributed by atoms with Gasteiger partial charge in [-0.1, -0.05) is 6.92 Å². The van der Waals surface area contributed by atoms with Gasteiger partial charge in [0.15, 0.2) is 0 Å². The van der Waals surface area contributed by atoms with Gasteiger partial charge in [0.25, 0.3) is 0 Å². The molecule has 0 aliphatic carbocycles. The molecule has 0 saturated carbocycles. The molecule has 1 rings (SSSR count). The Hall–Kier alpha value is -1.32. The average Bonchev–Trinajstić information content (AvgIpc) is 2.51. The van der Waals surface area contributed by atoms with Gasteiger partial charge >= 0.3 is 0 Å². The van der Waals surface area contributed by atoms with E-state index in [4.69, 9.17) is 5.73 Å². The van der Waals surface area contributed by atoms with Crippen molar-refractivity contribution in [2.45, 2.75) is 19.8 Å². The molecule has 4 heteroatoms. The topological polar surface area (TPSA) is 56.2 Å². The van der Waals surface area contributed by atoms with Gasteiger partial charge in [-0.3, -0.25) is 9.67 Å². The second kappa shape index (κ2) is 4.64. The van der Waals surface area contributed by atoms with Crippen molar-refractivity contribution in [1.29, 1.82) is 0 Å². The van der Waals surface area contributed by atoms with Gasteiger partial charge in [0.1, 0.15) is 0 Å². The summed E-state index contributed by atoms with van der Waals surface area (Å²) in [6, 6.07) is 0. The van der Waals surface area contributed by atoms with Crippen molar-refractivity contribution in [3.05, 3.63) is 18.0 Å². The third-order valence-corrected chi connectivity index (χ3v) is 1.84. The normalized spacial score (nSPS) is 12.0. The van der Waals surface area contributed by atoms with Gasteiger partial charge < -0.3 is 5.73 Å². The van der Waals surface area contributed by atoms with Crippen LogP contribution in [0.25, 0.3) is 0 Å². The van der Waals surface area contributed by atoms with Crippen LogP contribution >= 0.6 is 0 Å². The number of nitrogens with zero attached hydrogens (tertiary/aromatic N) is 3. The first kappa shape index (κ1) is 9.77. The molecular formula is C9H16N4. The number of rotatable bonds is 4. The minimum absolute atomic E-state index is 0.726. The second-order valence-corrected chi connectivity index (χ2v) is 3.00. The summed E-state index contributed by atoms with van der Waals surface area (Å²) in [5, 5.41) is 4.07. The minimum atomic E-state index is 0.726. The van der Waals surface area contributed by atoms with Gasteiger partial charge in [0.05, 0.1) is 12.0 Å². The molecule has 0 spiro atoms. The Morgan fingerprint density at radius 2 is 2.46 bits per heavy atom. The van der Waals surface area contributed by atoms with Crippen molar-refractivity contribution in [3.63, 3.8) is 0 Å². The summed E-state index contributed by atoms with van der Waals surface area (Å²) in [7, 11) is 1.91. The highest BCUT2D eigenvalue weighted by Gasteiger charge is 1.94. The van der Waals surface area contributed by atoms with Crippen LogP contribution in [-0.4, -0.2) is 22.2 Å². The summed E-state index contributed by atoms with van der Waals surface area (Å²) < 4.78 is 1.79. The molecule has 1 aromatic rings. The smallest absolute Gasteiger partial charge is 0.0934 e. The lowest BCUT2D eigenvalue weighted by Crippen LogP contribution is -2.10. The van der Waals surface area contributed by atoms with Crippen LogP contribution < -0.4 is 5.73 Å². The molecule has 0 aliphatic rings. The average molecular weight is 180 g/mol. The number of aliphatic imine (C=N–C) groups is 1. The van der Waals surface area contributed by atoms with Gasteiger partial charge in [0, 0.05) is 26.2 Å². The van der Waals surface area contributed by atoms with Crippen LogP contribution in [0, 0.1) is 0 Å². The SMILES string of the molecule is CCC(N)=NCCc1cnn(C)c1. The van der Waals surface area contributed by atoms with E-state index < -0.39 is 0 Å². The van der Waals surface area contributed by atoms with Gasteiger partial charge in [-0.2, -0.15) is 5.10 Å². The summed E-state index contributed by atoms with van der Waals surface area (Å²) in [4.78, 5) is 4.20. The lowest BCUT2D eigenvalue weighted by atomic mass is 10.2. The fourth-order valence-corrected chi connectivity index (χ4v) is 1.04. The summed E-state index contributed by atoms with van der Waals surface area (Å²) >= 11 is 0. The maximum absolute atomic E-state index is 5.57. The van der Waals surface area contributed by atoms with Crippen molar-refractivity contribution in [3.8, 4) is 0 Å². The van der Waals surface area contributed by atoms with Crippen molar-refractivity contribution in [1.82, 2.24) is 9.78 Å². The van der Waals surface area contributed by atoms with Gasteiger partial charge in [-0.25, -0.2) is 0 Å². The minimum Gasteiger partial charge on any atom is -0.387 e. The number of aromatic nitrogens is 2. The van der Waals surface area contributed by atoms with Crippen molar-refractivity contribution < 1.29 is 0 Å². The van der Waals surface area contributed by atoms with E-state index in [1.165, 1.54) is 5.56 Å². The molecule has 0 fully saturated rings. The molecule has 13 heavy (non-hydrogen) atoms. The van der Waals surface area contributed by atoms with E-state index in [-0.39, 0.29) is 0 Å². The first-order valence-electron chi connectivity index (χ1n) is 4.48. The van der Waals surface area contributed by atoms with Crippen molar-refractivity contribution in [2.75, 3.05) is 6.54 Å². The summed E-state index contributed by atoms with van der Waals surface area (Å²) in [5.41, 5.74) is 6.78. The zero-order valence-corrected chi connectivity index (χ0v) is 8.20. The molecule has 0 aliphatic heterocycles. The number of aryl methyl sites for hydroxylation is 1. The van der Waals surface area contributed by atoms with Crippen LogP contribution in [0.2, 0.25) is 0 Å². The molecule has 0 atom stereocenters. The molecule has 0 aromatic carbocycles. The van der Waals surface area contributed by atoms with E-state index in [1.54, 1.807) is 4.68 Å². The number of nitrogens with two attached hydrogens (primary N) is 1.